The van der Waals surface area contributed by atoms with Crippen LogP contribution in [0.25, 0.3) is 17.1 Å². The molecule has 2 heterocycles. The molecule has 1 amide bonds. The fourth-order valence-electron chi connectivity index (χ4n) is 3.94. The molecule has 0 radical (unpaired) electrons. The van der Waals surface area contributed by atoms with E-state index in [2.05, 4.69) is 27.4 Å². The minimum absolute atomic E-state index is 0.0405. The molecule has 7 nitrogen and oxygen atoms in total. The Morgan fingerprint density at radius 1 is 1.16 bits per heavy atom. The highest BCUT2D eigenvalue weighted by Gasteiger charge is 2.21. The molecule has 4 rings (SSSR count). The summed E-state index contributed by atoms with van der Waals surface area (Å²) in [4.78, 5) is 16.8. The van der Waals surface area contributed by atoms with Crippen molar-refractivity contribution in [1.29, 1.82) is 0 Å². The molecule has 1 N–H and O–H groups in total. The lowest BCUT2D eigenvalue weighted by molar-refractivity contribution is -0.119. The molecule has 0 spiro atoms. The zero-order valence-corrected chi connectivity index (χ0v) is 19.3. The van der Waals surface area contributed by atoms with Gasteiger partial charge in [-0.25, -0.2) is 0 Å². The van der Waals surface area contributed by atoms with Crippen LogP contribution in [0.1, 0.15) is 39.5 Å². The Morgan fingerprint density at radius 3 is 2.62 bits per heavy atom. The predicted octanol–water partition coefficient (Wildman–Crippen LogP) is 4.52. The van der Waals surface area contributed by atoms with E-state index in [4.69, 9.17) is 4.74 Å². The summed E-state index contributed by atoms with van der Waals surface area (Å²) in [5.41, 5.74) is 1.77. The van der Waals surface area contributed by atoms with Gasteiger partial charge in [-0.05, 0) is 74.9 Å². The molecule has 32 heavy (non-hydrogen) atoms. The largest absolute Gasteiger partial charge is 0.494 e. The van der Waals surface area contributed by atoms with Crippen LogP contribution < -0.4 is 10.1 Å². The summed E-state index contributed by atoms with van der Waals surface area (Å²) < 4.78 is 7.54. The van der Waals surface area contributed by atoms with E-state index in [1.165, 1.54) is 24.6 Å². The SMILES string of the molecule is CCOc1ccc(-n2c(SCC(=O)NC3CCC(C)CC3)nnc2-c2cccnc2)cc1. The average Bonchev–Trinajstić information content (AvgIpc) is 3.24. The van der Waals surface area contributed by atoms with Crippen LogP contribution in [0.15, 0.2) is 53.9 Å². The Kier molecular flexibility index (Phi) is 7.42. The first-order valence-corrected chi connectivity index (χ1v) is 12.1. The van der Waals surface area contributed by atoms with Crippen molar-refractivity contribution in [3.05, 3.63) is 48.8 Å². The van der Waals surface area contributed by atoms with Crippen LogP contribution in [0.4, 0.5) is 0 Å². The monoisotopic (exact) mass is 451 g/mol. The highest BCUT2D eigenvalue weighted by Crippen LogP contribution is 2.29. The Morgan fingerprint density at radius 2 is 1.94 bits per heavy atom. The molecule has 0 bridgehead atoms. The molecular formula is C24H29N5O2S. The van der Waals surface area contributed by atoms with E-state index < -0.39 is 0 Å². The van der Waals surface area contributed by atoms with Gasteiger partial charge >= 0.3 is 0 Å². The summed E-state index contributed by atoms with van der Waals surface area (Å²) in [5.74, 6) is 2.60. The third-order valence-corrected chi connectivity index (χ3v) is 6.60. The van der Waals surface area contributed by atoms with E-state index in [9.17, 15) is 4.79 Å². The van der Waals surface area contributed by atoms with E-state index in [-0.39, 0.29) is 11.9 Å². The molecule has 1 saturated carbocycles. The van der Waals surface area contributed by atoms with Gasteiger partial charge in [-0.3, -0.25) is 14.3 Å². The summed E-state index contributed by atoms with van der Waals surface area (Å²) in [6.07, 6.45) is 7.97. The maximum Gasteiger partial charge on any atom is 0.230 e. The number of aromatic nitrogens is 4. The Labute approximate surface area is 193 Å². The van der Waals surface area contributed by atoms with Crippen LogP contribution in [0.5, 0.6) is 5.75 Å². The number of benzene rings is 1. The second kappa shape index (κ2) is 10.6. The number of amides is 1. The maximum atomic E-state index is 12.6. The highest BCUT2D eigenvalue weighted by molar-refractivity contribution is 7.99. The van der Waals surface area contributed by atoms with Crippen molar-refractivity contribution >= 4 is 17.7 Å². The number of nitrogens with one attached hydrogen (secondary N) is 1. The van der Waals surface area contributed by atoms with Gasteiger partial charge in [-0.15, -0.1) is 10.2 Å². The minimum atomic E-state index is 0.0405. The van der Waals surface area contributed by atoms with E-state index in [1.54, 1.807) is 12.4 Å². The van der Waals surface area contributed by atoms with Crippen LogP contribution in [-0.2, 0) is 4.79 Å². The van der Waals surface area contributed by atoms with Gasteiger partial charge in [0.15, 0.2) is 11.0 Å². The highest BCUT2D eigenvalue weighted by atomic mass is 32.2. The standard InChI is InChI=1S/C24H29N5O2S/c1-3-31-21-12-10-20(11-13-21)29-23(18-5-4-14-25-15-18)27-28-24(29)32-16-22(30)26-19-8-6-17(2)7-9-19/h4-5,10-15,17,19H,3,6-9,16H2,1-2H3,(H,26,30). The molecule has 2 aromatic heterocycles. The van der Waals surface area contributed by atoms with Crippen molar-refractivity contribution in [2.24, 2.45) is 5.92 Å². The number of hydrogen-bond acceptors (Lipinski definition) is 6. The van der Waals surface area contributed by atoms with Gasteiger partial charge in [0.05, 0.1) is 12.4 Å². The van der Waals surface area contributed by atoms with Crippen LogP contribution >= 0.6 is 11.8 Å². The first-order valence-electron chi connectivity index (χ1n) is 11.1. The molecular weight excluding hydrogens is 422 g/mol. The lowest BCUT2D eigenvalue weighted by Gasteiger charge is -2.26. The van der Waals surface area contributed by atoms with Gasteiger partial charge in [0.2, 0.25) is 5.91 Å². The third kappa shape index (κ3) is 5.48. The number of pyridine rings is 1. The Hall–Kier alpha value is -2.87. The number of thioether (sulfide) groups is 1. The lowest BCUT2D eigenvalue weighted by atomic mass is 9.87. The van der Waals surface area contributed by atoms with Crippen molar-refractivity contribution in [2.45, 2.75) is 50.7 Å². The second-order valence-corrected chi connectivity index (χ2v) is 9.07. The average molecular weight is 452 g/mol. The van der Waals surface area contributed by atoms with Crippen molar-refractivity contribution in [1.82, 2.24) is 25.1 Å². The van der Waals surface area contributed by atoms with Crippen molar-refractivity contribution in [2.75, 3.05) is 12.4 Å². The number of rotatable bonds is 8. The van der Waals surface area contributed by atoms with Crippen LogP contribution in [0, 0.1) is 5.92 Å². The molecule has 0 unspecified atom stereocenters. The van der Waals surface area contributed by atoms with E-state index in [0.717, 1.165) is 35.8 Å². The number of carbonyl (C=O) groups is 1. The van der Waals surface area contributed by atoms with Gasteiger partial charge in [0.1, 0.15) is 5.75 Å². The van der Waals surface area contributed by atoms with E-state index in [0.29, 0.717) is 23.3 Å². The van der Waals surface area contributed by atoms with Crippen molar-refractivity contribution in [3.63, 3.8) is 0 Å². The van der Waals surface area contributed by atoms with E-state index >= 15 is 0 Å². The summed E-state index contributed by atoms with van der Waals surface area (Å²) in [5, 5.41) is 12.7. The first kappa shape index (κ1) is 22.3. The van der Waals surface area contributed by atoms with Crippen LogP contribution in [-0.4, -0.2) is 44.1 Å². The molecule has 1 fully saturated rings. The topological polar surface area (TPSA) is 81.9 Å². The van der Waals surface area contributed by atoms with Crippen molar-refractivity contribution < 1.29 is 9.53 Å². The van der Waals surface area contributed by atoms with Gasteiger partial charge < -0.3 is 10.1 Å². The number of carbonyl (C=O) groups excluding carboxylic acids is 1. The Balaban J connectivity index is 1.52. The van der Waals surface area contributed by atoms with Crippen LogP contribution in [0.2, 0.25) is 0 Å². The van der Waals surface area contributed by atoms with E-state index in [1.807, 2.05) is 47.9 Å². The van der Waals surface area contributed by atoms with Gasteiger partial charge in [-0.2, -0.15) is 0 Å². The molecule has 168 valence electrons. The van der Waals surface area contributed by atoms with Crippen LogP contribution in [0.3, 0.4) is 0 Å². The smallest absolute Gasteiger partial charge is 0.230 e. The number of ether oxygens (including phenoxy) is 1. The molecule has 1 aromatic carbocycles. The summed E-state index contributed by atoms with van der Waals surface area (Å²) >= 11 is 1.39. The predicted molar refractivity (Wildman–Crippen MR) is 126 cm³/mol. The van der Waals surface area contributed by atoms with Gasteiger partial charge in [-0.1, -0.05) is 18.7 Å². The number of nitrogens with zero attached hydrogens (tertiary/aromatic N) is 4. The fraction of sp³-hybridized carbons (Fsp3) is 0.417. The second-order valence-electron chi connectivity index (χ2n) is 8.12. The molecule has 0 aliphatic heterocycles. The molecule has 0 atom stereocenters. The fourth-order valence-corrected chi connectivity index (χ4v) is 4.70. The molecule has 1 aliphatic rings. The molecule has 3 aromatic rings. The third-order valence-electron chi connectivity index (χ3n) is 5.67. The van der Waals surface area contributed by atoms with Gasteiger partial charge in [0, 0.05) is 29.7 Å². The van der Waals surface area contributed by atoms with Gasteiger partial charge in [0.25, 0.3) is 0 Å². The lowest BCUT2D eigenvalue weighted by Crippen LogP contribution is -2.38. The quantitative estimate of drug-likeness (QED) is 0.507. The normalized spacial score (nSPS) is 18.3. The first-order chi connectivity index (χ1) is 15.6. The molecule has 8 heteroatoms. The molecule has 1 aliphatic carbocycles. The minimum Gasteiger partial charge on any atom is -0.494 e. The Bertz CT molecular complexity index is 1010. The summed E-state index contributed by atoms with van der Waals surface area (Å²) in [6, 6.07) is 11.9. The number of hydrogen-bond donors (Lipinski definition) is 1. The van der Waals surface area contributed by atoms with Crippen molar-refractivity contribution in [3.8, 4) is 22.8 Å². The zero-order chi connectivity index (χ0) is 22.3. The summed E-state index contributed by atoms with van der Waals surface area (Å²) in [7, 11) is 0. The molecule has 0 saturated heterocycles. The zero-order valence-electron chi connectivity index (χ0n) is 18.5. The summed E-state index contributed by atoms with van der Waals surface area (Å²) in [6.45, 7) is 4.85. The maximum absolute atomic E-state index is 12.6.